The Labute approximate surface area is 136 Å². The number of hydrogen-bond donors (Lipinski definition) is 3. The molecule has 7 nitrogen and oxygen atoms in total. The third kappa shape index (κ3) is 3.91. The number of rotatable bonds is 5. The van der Waals surface area contributed by atoms with E-state index in [0.717, 1.165) is 63.1 Å². The van der Waals surface area contributed by atoms with Crippen LogP contribution in [0.5, 0.6) is 5.88 Å². The Morgan fingerprint density at radius 3 is 2.65 bits per heavy atom. The maximum atomic E-state index is 9.77. The zero-order valence-electron chi connectivity index (χ0n) is 13.7. The largest absolute Gasteiger partial charge is 0.474 e. The van der Waals surface area contributed by atoms with Crippen LogP contribution in [0.4, 0.5) is 5.95 Å². The first-order valence-electron chi connectivity index (χ1n) is 8.49. The lowest BCUT2D eigenvalue weighted by atomic mass is 9.97. The second kappa shape index (κ2) is 7.42. The topological polar surface area (TPSA) is 90.7 Å². The summed E-state index contributed by atoms with van der Waals surface area (Å²) in [5.74, 6) is 1.29. The number of ether oxygens (including phenoxy) is 1. The first-order valence-corrected chi connectivity index (χ1v) is 8.49. The number of aliphatic hydroxyl groups excluding tert-OH is 2. The van der Waals surface area contributed by atoms with Crippen molar-refractivity contribution in [2.45, 2.75) is 44.8 Å². The second-order valence-electron chi connectivity index (χ2n) is 6.32. The maximum absolute atomic E-state index is 9.77. The summed E-state index contributed by atoms with van der Waals surface area (Å²) in [5, 5.41) is 22.5. The average Bonchev–Trinajstić information content (AvgIpc) is 2.59. The molecule has 1 aromatic heterocycles. The summed E-state index contributed by atoms with van der Waals surface area (Å²) in [7, 11) is 0. The lowest BCUT2D eigenvalue weighted by Gasteiger charge is -2.29. The molecule has 128 valence electrons. The van der Waals surface area contributed by atoms with E-state index in [1.54, 1.807) is 6.92 Å². The molecule has 7 heteroatoms. The van der Waals surface area contributed by atoms with E-state index in [1.807, 2.05) is 0 Å². The van der Waals surface area contributed by atoms with Crippen LogP contribution in [0.2, 0.25) is 0 Å². The Kier molecular flexibility index (Phi) is 5.30. The molecule has 0 spiro atoms. The van der Waals surface area contributed by atoms with Gasteiger partial charge in [0.1, 0.15) is 12.7 Å². The van der Waals surface area contributed by atoms with E-state index < -0.39 is 12.2 Å². The number of aromatic nitrogens is 2. The van der Waals surface area contributed by atoms with Crippen molar-refractivity contribution in [2.75, 3.05) is 37.7 Å². The van der Waals surface area contributed by atoms with Gasteiger partial charge in [0, 0.05) is 31.7 Å². The molecule has 0 aromatic carbocycles. The summed E-state index contributed by atoms with van der Waals surface area (Å²) in [4.78, 5) is 11.5. The number of aliphatic hydroxyl groups is 2. The molecular weight excluding hydrogens is 296 g/mol. The predicted octanol–water partition coefficient (Wildman–Crippen LogP) is -0.114. The number of nitrogens with one attached hydrogen (secondary N) is 1. The van der Waals surface area contributed by atoms with E-state index in [9.17, 15) is 10.2 Å². The molecule has 1 saturated heterocycles. The van der Waals surface area contributed by atoms with Crippen molar-refractivity contribution in [3.05, 3.63) is 11.3 Å². The summed E-state index contributed by atoms with van der Waals surface area (Å²) >= 11 is 0. The highest BCUT2D eigenvalue weighted by molar-refractivity contribution is 5.42. The Morgan fingerprint density at radius 1 is 1.17 bits per heavy atom. The molecule has 2 aliphatic rings. The summed E-state index contributed by atoms with van der Waals surface area (Å²) in [6, 6.07) is 0. The Balaban J connectivity index is 1.83. The van der Waals surface area contributed by atoms with E-state index in [-0.39, 0.29) is 6.61 Å². The Bertz CT molecular complexity index is 532. The van der Waals surface area contributed by atoms with Gasteiger partial charge in [-0.15, -0.1) is 0 Å². The molecule has 0 bridgehead atoms. The number of fused-ring (bicyclic) bond motifs is 1. The van der Waals surface area contributed by atoms with Gasteiger partial charge in [0.2, 0.25) is 11.8 Å². The van der Waals surface area contributed by atoms with Gasteiger partial charge in [-0.05, 0) is 32.6 Å². The number of anilines is 1. The summed E-state index contributed by atoms with van der Waals surface area (Å²) in [5.41, 5.74) is 2.13. The molecule has 23 heavy (non-hydrogen) atoms. The average molecular weight is 322 g/mol. The van der Waals surface area contributed by atoms with Crippen LogP contribution in [-0.2, 0) is 12.8 Å². The molecule has 1 aromatic rings. The molecule has 0 unspecified atom stereocenters. The molecule has 0 saturated carbocycles. The highest BCUT2D eigenvalue weighted by Crippen LogP contribution is 2.29. The van der Waals surface area contributed by atoms with Gasteiger partial charge in [0.05, 0.1) is 11.8 Å². The van der Waals surface area contributed by atoms with Gasteiger partial charge >= 0.3 is 0 Å². The van der Waals surface area contributed by atoms with E-state index in [1.165, 1.54) is 0 Å². The molecule has 3 N–H and O–H groups in total. The van der Waals surface area contributed by atoms with Gasteiger partial charge in [-0.2, -0.15) is 4.98 Å². The monoisotopic (exact) mass is 322 g/mol. The zero-order valence-corrected chi connectivity index (χ0v) is 13.7. The number of piperazine rings is 1. The second-order valence-corrected chi connectivity index (χ2v) is 6.32. The minimum atomic E-state index is -0.910. The minimum Gasteiger partial charge on any atom is -0.474 e. The highest BCUT2D eigenvalue weighted by Gasteiger charge is 2.23. The number of nitrogens with zero attached hydrogens (tertiary/aromatic N) is 3. The smallest absolute Gasteiger partial charge is 0.228 e. The zero-order chi connectivity index (χ0) is 16.2. The molecule has 0 radical (unpaired) electrons. The van der Waals surface area contributed by atoms with E-state index in [0.29, 0.717) is 11.8 Å². The molecule has 2 heterocycles. The van der Waals surface area contributed by atoms with Crippen molar-refractivity contribution >= 4 is 5.95 Å². The maximum Gasteiger partial charge on any atom is 0.228 e. The molecular formula is C16H26N4O3. The molecule has 1 aliphatic heterocycles. The molecule has 1 fully saturated rings. The third-order valence-electron chi connectivity index (χ3n) is 4.48. The highest BCUT2D eigenvalue weighted by atomic mass is 16.5. The van der Waals surface area contributed by atoms with Crippen molar-refractivity contribution in [3.63, 3.8) is 0 Å². The van der Waals surface area contributed by atoms with Crippen molar-refractivity contribution in [1.29, 1.82) is 0 Å². The van der Waals surface area contributed by atoms with Gasteiger partial charge < -0.3 is 25.2 Å². The van der Waals surface area contributed by atoms with Crippen LogP contribution >= 0.6 is 0 Å². The van der Waals surface area contributed by atoms with Gasteiger partial charge in [0.15, 0.2) is 0 Å². The van der Waals surface area contributed by atoms with Crippen LogP contribution in [-0.4, -0.2) is 65.2 Å². The van der Waals surface area contributed by atoms with Crippen molar-refractivity contribution in [1.82, 2.24) is 15.3 Å². The van der Waals surface area contributed by atoms with Crippen LogP contribution in [0.15, 0.2) is 0 Å². The summed E-state index contributed by atoms with van der Waals surface area (Å²) in [6.07, 6.45) is 2.38. The van der Waals surface area contributed by atoms with E-state index in [2.05, 4.69) is 15.2 Å². The summed E-state index contributed by atoms with van der Waals surface area (Å²) in [6.45, 7) is 5.22. The molecule has 2 atom stereocenters. The van der Waals surface area contributed by atoms with E-state index >= 15 is 0 Å². The molecule has 1 aliphatic carbocycles. The minimum absolute atomic E-state index is 0.0438. The normalized spacial score (nSPS) is 20.7. The predicted molar refractivity (Wildman–Crippen MR) is 86.9 cm³/mol. The van der Waals surface area contributed by atoms with Gasteiger partial charge in [-0.3, -0.25) is 0 Å². The van der Waals surface area contributed by atoms with Crippen LogP contribution in [0, 0.1) is 0 Å². The fraction of sp³-hybridized carbons (Fsp3) is 0.750. The van der Waals surface area contributed by atoms with Gasteiger partial charge in [-0.1, -0.05) is 0 Å². The van der Waals surface area contributed by atoms with Crippen molar-refractivity contribution in [3.8, 4) is 5.88 Å². The standard InChI is InChI=1S/C16H26N4O3/c1-11(21)14(22)10-23-15-12-4-2-3-5-13(12)18-16(19-15)20-8-6-17-7-9-20/h11,14,17,21-22H,2-10H2,1H3/t11-,14-/m0/s1. The SMILES string of the molecule is C[C@H](O)[C@@H](O)COc1nc(N2CCNCC2)nc2c1CCCC2. The van der Waals surface area contributed by atoms with Gasteiger partial charge in [0.25, 0.3) is 0 Å². The van der Waals surface area contributed by atoms with Crippen molar-refractivity contribution in [2.24, 2.45) is 0 Å². The Morgan fingerprint density at radius 2 is 1.91 bits per heavy atom. The first kappa shape index (κ1) is 16.4. The van der Waals surface area contributed by atoms with Gasteiger partial charge in [-0.25, -0.2) is 4.98 Å². The van der Waals surface area contributed by atoms with Crippen LogP contribution in [0.1, 0.15) is 31.0 Å². The lowest BCUT2D eigenvalue weighted by Crippen LogP contribution is -2.44. The quantitative estimate of drug-likeness (QED) is 0.696. The van der Waals surface area contributed by atoms with Crippen LogP contribution in [0.25, 0.3) is 0 Å². The number of hydrogen-bond acceptors (Lipinski definition) is 7. The fourth-order valence-corrected chi connectivity index (χ4v) is 2.98. The van der Waals surface area contributed by atoms with Crippen molar-refractivity contribution < 1.29 is 14.9 Å². The lowest BCUT2D eigenvalue weighted by molar-refractivity contribution is 0.00102. The van der Waals surface area contributed by atoms with E-state index in [4.69, 9.17) is 9.72 Å². The molecule has 3 rings (SSSR count). The van der Waals surface area contributed by atoms with Crippen LogP contribution < -0.4 is 15.0 Å². The Hall–Kier alpha value is -1.44. The summed E-state index contributed by atoms with van der Waals surface area (Å²) < 4.78 is 5.76. The third-order valence-corrected chi connectivity index (χ3v) is 4.48. The molecule has 0 amide bonds. The van der Waals surface area contributed by atoms with Crippen LogP contribution in [0.3, 0.4) is 0 Å². The number of aryl methyl sites for hydroxylation is 1. The first-order chi connectivity index (χ1) is 11.1. The fourth-order valence-electron chi connectivity index (χ4n) is 2.98.